The fourth-order valence-electron chi connectivity index (χ4n) is 8.62. The van der Waals surface area contributed by atoms with E-state index < -0.39 is 17.0 Å². The number of hydrogen-bond acceptors (Lipinski definition) is 5. The zero-order valence-corrected chi connectivity index (χ0v) is 18.8. The minimum absolute atomic E-state index is 0.00193. The van der Waals surface area contributed by atoms with E-state index >= 15 is 0 Å². The molecular weight excluding hydrogens is 380 g/mol. The first-order valence-corrected chi connectivity index (χ1v) is 11.3. The molecule has 0 aromatic heterocycles. The molecule has 4 aliphatic carbocycles. The Balaban J connectivity index is 1.64. The molecule has 5 nitrogen and oxygen atoms in total. The van der Waals surface area contributed by atoms with Gasteiger partial charge in [0.1, 0.15) is 5.60 Å². The molecule has 3 saturated carbocycles. The van der Waals surface area contributed by atoms with Crippen molar-refractivity contribution < 1.29 is 23.9 Å². The summed E-state index contributed by atoms with van der Waals surface area (Å²) >= 11 is 0. The Morgan fingerprint density at radius 1 is 1.13 bits per heavy atom. The van der Waals surface area contributed by atoms with Gasteiger partial charge in [0.15, 0.2) is 17.2 Å². The minimum Gasteiger partial charge on any atom is -0.450 e. The van der Waals surface area contributed by atoms with Crippen LogP contribution in [0, 0.1) is 34.5 Å². The molecule has 0 radical (unpaired) electrons. The van der Waals surface area contributed by atoms with Crippen molar-refractivity contribution in [2.75, 3.05) is 0 Å². The number of rotatable bonds is 2. The van der Waals surface area contributed by atoms with Crippen molar-refractivity contribution in [3.8, 4) is 0 Å². The maximum atomic E-state index is 13.1. The minimum atomic E-state index is -1.10. The van der Waals surface area contributed by atoms with Crippen LogP contribution in [-0.4, -0.2) is 34.8 Å². The first-order chi connectivity index (χ1) is 13.9. The Labute approximate surface area is 178 Å². The molecule has 5 rings (SSSR count). The Kier molecular flexibility index (Phi) is 3.85. The molecule has 162 valence electrons. The predicted molar refractivity (Wildman–Crippen MR) is 110 cm³/mol. The van der Waals surface area contributed by atoms with E-state index in [1.165, 1.54) is 12.5 Å². The summed E-state index contributed by atoms with van der Waals surface area (Å²) in [5.74, 6) is 0.325. The molecule has 0 bridgehead atoms. The summed E-state index contributed by atoms with van der Waals surface area (Å²) in [6.07, 6.45) is 8.05. The molecule has 0 N–H and O–H groups in total. The highest BCUT2D eigenvalue weighted by Gasteiger charge is 2.83. The molecule has 30 heavy (non-hydrogen) atoms. The fraction of sp³-hybridized carbons (Fsp3) is 0.720. The van der Waals surface area contributed by atoms with Gasteiger partial charge in [0.05, 0.1) is 6.10 Å². The number of carbonyl (C=O) groups is 3. The number of fused-ring (bicyclic) bond motifs is 3. The fourth-order valence-corrected chi connectivity index (χ4v) is 8.62. The summed E-state index contributed by atoms with van der Waals surface area (Å²) < 4.78 is 12.5. The van der Waals surface area contributed by atoms with Crippen LogP contribution in [0.15, 0.2) is 23.8 Å². The number of ether oxygens (including phenoxy) is 2. The Morgan fingerprint density at radius 3 is 2.47 bits per heavy atom. The molecule has 9 atom stereocenters. The van der Waals surface area contributed by atoms with E-state index in [9.17, 15) is 14.4 Å². The van der Waals surface area contributed by atoms with Crippen LogP contribution >= 0.6 is 0 Å². The standard InChI is InChI=1S/C25H32O5/c1-13-9-20-19-10-14(2)24(15(3)26,29-16(4)27)23(19,6)12-21-25(20,30-21)22(5)8-7-17(28)11-18(13)22/h7-8,11,13-14,19-21H,9-10,12H2,1-6H3/t13-,14-,19-,20-,21-,22-,23-,24-,25-/m0/s1. The lowest BCUT2D eigenvalue weighted by Gasteiger charge is -2.57. The van der Waals surface area contributed by atoms with Crippen LogP contribution in [0.3, 0.4) is 0 Å². The molecule has 0 aromatic rings. The summed E-state index contributed by atoms with van der Waals surface area (Å²) in [5.41, 5.74) is -0.997. The lowest BCUT2D eigenvalue weighted by Crippen LogP contribution is -2.63. The molecule has 0 unspecified atom stereocenters. The molecule has 5 heteroatoms. The zero-order chi connectivity index (χ0) is 21.9. The number of esters is 1. The van der Waals surface area contributed by atoms with Crippen molar-refractivity contribution in [3.63, 3.8) is 0 Å². The van der Waals surface area contributed by atoms with Gasteiger partial charge in [-0.05, 0) is 63.0 Å². The second-order valence-corrected chi connectivity index (χ2v) is 10.9. The van der Waals surface area contributed by atoms with Crippen LogP contribution in [0.1, 0.15) is 60.8 Å². The smallest absolute Gasteiger partial charge is 0.303 e. The van der Waals surface area contributed by atoms with Gasteiger partial charge in [0, 0.05) is 23.7 Å². The van der Waals surface area contributed by atoms with Gasteiger partial charge in [-0.25, -0.2) is 0 Å². The van der Waals surface area contributed by atoms with Crippen LogP contribution < -0.4 is 0 Å². The predicted octanol–water partition coefficient (Wildman–Crippen LogP) is 3.81. The van der Waals surface area contributed by atoms with Gasteiger partial charge >= 0.3 is 5.97 Å². The van der Waals surface area contributed by atoms with Crippen LogP contribution in [0.2, 0.25) is 0 Å². The van der Waals surface area contributed by atoms with Gasteiger partial charge in [-0.1, -0.05) is 32.4 Å². The Bertz CT molecular complexity index is 932. The van der Waals surface area contributed by atoms with Crippen molar-refractivity contribution in [2.24, 2.45) is 34.5 Å². The first-order valence-electron chi connectivity index (χ1n) is 11.3. The molecular formula is C25H32O5. The van der Waals surface area contributed by atoms with Gasteiger partial charge in [0.25, 0.3) is 0 Å². The van der Waals surface area contributed by atoms with Crippen molar-refractivity contribution in [2.45, 2.75) is 78.1 Å². The van der Waals surface area contributed by atoms with Gasteiger partial charge in [0.2, 0.25) is 0 Å². The largest absolute Gasteiger partial charge is 0.450 e. The van der Waals surface area contributed by atoms with Crippen molar-refractivity contribution >= 4 is 17.5 Å². The van der Waals surface area contributed by atoms with E-state index in [1.54, 1.807) is 13.0 Å². The van der Waals surface area contributed by atoms with E-state index in [4.69, 9.17) is 9.47 Å². The molecule has 1 aliphatic heterocycles. The van der Waals surface area contributed by atoms with E-state index in [-0.39, 0.29) is 52.4 Å². The van der Waals surface area contributed by atoms with Crippen LogP contribution in [0.4, 0.5) is 0 Å². The molecule has 1 saturated heterocycles. The van der Waals surface area contributed by atoms with Crippen LogP contribution in [0.5, 0.6) is 0 Å². The zero-order valence-electron chi connectivity index (χ0n) is 18.8. The lowest BCUT2D eigenvalue weighted by molar-refractivity contribution is -0.189. The van der Waals surface area contributed by atoms with Gasteiger partial charge in [-0.2, -0.15) is 0 Å². The molecule has 5 aliphatic rings. The Hall–Kier alpha value is -1.75. The number of hydrogen-bond donors (Lipinski definition) is 0. The number of Topliss-reactive ketones (excluding diaryl/α,β-unsaturated/α-hetero) is 1. The van der Waals surface area contributed by atoms with Gasteiger partial charge in [-0.15, -0.1) is 0 Å². The topological polar surface area (TPSA) is 73.0 Å². The van der Waals surface area contributed by atoms with E-state index in [0.29, 0.717) is 6.42 Å². The normalized spacial score (nSPS) is 53.1. The molecule has 1 heterocycles. The summed E-state index contributed by atoms with van der Waals surface area (Å²) in [7, 11) is 0. The first kappa shape index (κ1) is 20.2. The SMILES string of the molecule is CC(=O)O[C@]1(C(C)=O)[C@@H](C)C[C@H]2[C@@H]3C[C@H](C)C4=CC(=O)C=C[C@]4(C)[C@]34O[C@H]4C[C@@]21C. The maximum absolute atomic E-state index is 13.1. The second-order valence-electron chi connectivity index (χ2n) is 10.9. The highest BCUT2D eigenvalue weighted by Crippen LogP contribution is 2.77. The molecule has 0 amide bonds. The monoisotopic (exact) mass is 412 g/mol. The number of allylic oxidation sites excluding steroid dienone is 2. The van der Waals surface area contributed by atoms with Crippen molar-refractivity contribution in [1.29, 1.82) is 0 Å². The second kappa shape index (κ2) is 5.73. The molecule has 1 spiro atoms. The average Bonchev–Trinajstić information content (AvgIpc) is 3.32. The number of epoxide rings is 1. The number of ketones is 2. The summed E-state index contributed by atoms with van der Waals surface area (Å²) in [4.78, 5) is 37.3. The summed E-state index contributed by atoms with van der Waals surface area (Å²) in [6, 6.07) is 0. The molecule has 0 aromatic carbocycles. The van der Waals surface area contributed by atoms with Crippen LogP contribution in [0.25, 0.3) is 0 Å². The van der Waals surface area contributed by atoms with Gasteiger partial charge < -0.3 is 9.47 Å². The lowest BCUT2D eigenvalue weighted by atomic mass is 9.45. The summed E-state index contributed by atoms with van der Waals surface area (Å²) in [5, 5.41) is 0. The third-order valence-electron chi connectivity index (χ3n) is 9.63. The van der Waals surface area contributed by atoms with Crippen molar-refractivity contribution in [1.82, 2.24) is 0 Å². The number of carbonyl (C=O) groups excluding carboxylic acids is 3. The quantitative estimate of drug-likeness (QED) is 0.509. The van der Waals surface area contributed by atoms with E-state index in [0.717, 1.165) is 12.8 Å². The third kappa shape index (κ3) is 2.01. The van der Waals surface area contributed by atoms with E-state index in [2.05, 4.69) is 33.8 Å². The van der Waals surface area contributed by atoms with Crippen LogP contribution in [-0.2, 0) is 23.9 Å². The highest BCUT2D eigenvalue weighted by molar-refractivity contribution is 6.01. The Morgan fingerprint density at radius 2 is 1.83 bits per heavy atom. The maximum Gasteiger partial charge on any atom is 0.303 e. The van der Waals surface area contributed by atoms with Crippen molar-refractivity contribution in [3.05, 3.63) is 23.8 Å². The third-order valence-corrected chi connectivity index (χ3v) is 9.63. The highest BCUT2D eigenvalue weighted by atomic mass is 16.6. The summed E-state index contributed by atoms with van der Waals surface area (Å²) in [6.45, 7) is 11.6. The van der Waals surface area contributed by atoms with Gasteiger partial charge in [-0.3, -0.25) is 14.4 Å². The molecule has 4 fully saturated rings. The average molecular weight is 413 g/mol. The van der Waals surface area contributed by atoms with E-state index in [1.807, 2.05) is 6.08 Å².